The second-order valence-electron chi connectivity index (χ2n) is 7.77. The molecule has 0 bridgehead atoms. The molecule has 1 fully saturated rings. The lowest BCUT2D eigenvalue weighted by atomic mass is 9.88. The third-order valence-corrected chi connectivity index (χ3v) is 6.92. The maximum Gasteiger partial charge on any atom is 0.409 e. The average Bonchev–Trinajstić information content (AvgIpc) is 2.90. The van der Waals surface area contributed by atoms with Gasteiger partial charge in [-0.2, -0.15) is 0 Å². The Morgan fingerprint density at radius 2 is 1.83 bits per heavy atom. The fourth-order valence-corrected chi connectivity index (χ4v) is 4.97. The van der Waals surface area contributed by atoms with Gasteiger partial charge in [-0.05, 0) is 67.5 Å². The van der Waals surface area contributed by atoms with Crippen LogP contribution in [0.4, 0.5) is 4.79 Å². The van der Waals surface area contributed by atoms with Crippen molar-refractivity contribution in [3.05, 3.63) is 64.5 Å². The molecule has 2 heterocycles. The van der Waals surface area contributed by atoms with Crippen LogP contribution < -0.4 is 0 Å². The molecule has 1 aromatic heterocycles. The molecule has 6 nitrogen and oxygen atoms in total. The van der Waals surface area contributed by atoms with Crippen LogP contribution in [0.2, 0.25) is 0 Å². The first-order valence-electron chi connectivity index (χ1n) is 10.3. The second kappa shape index (κ2) is 8.22. The number of pyridine rings is 1. The van der Waals surface area contributed by atoms with E-state index in [-0.39, 0.29) is 6.09 Å². The van der Waals surface area contributed by atoms with Crippen LogP contribution in [-0.2, 0) is 27.4 Å². The van der Waals surface area contributed by atoms with Gasteiger partial charge in [-0.1, -0.05) is 17.7 Å². The van der Waals surface area contributed by atoms with Gasteiger partial charge < -0.3 is 9.64 Å². The molecule has 2 aromatic rings. The number of amides is 1. The van der Waals surface area contributed by atoms with Gasteiger partial charge in [-0.15, -0.1) is 0 Å². The lowest BCUT2D eigenvalue weighted by Crippen LogP contribution is -2.37. The van der Waals surface area contributed by atoms with Crippen molar-refractivity contribution in [2.75, 3.05) is 26.0 Å². The van der Waals surface area contributed by atoms with Crippen LogP contribution in [0.25, 0.3) is 5.57 Å². The number of ether oxygens (including phenoxy) is 1. The number of fused-ring (bicyclic) bond motifs is 2. The van der Waals surface area contributed by atoms with E-state index in [1.807, 2.05) is 31.3 Å². The number of hydrogen-bond acceptors (Lipinski definition) is 5. The lowest BCUT2D eigenvalue weighted by Gasteiger charge is -2.29. The SMILES string of the molecule is CCOC(=O)N1CCC(=C2c3ccc(S(C)(=O)=O)cc3CCc3cccnc32)CC1. The number of aryl methyl sites for hydroxylation is 2. The van der Waals surface area contributed by atoms with E-state index in [9.17, 15) is 13.2 Å². The van der Waals surface area contributed by atoms with Crippen molar-refractivity contribution in [2.24, 2.45) is 0 Å². The van der Waals surface area contributed by atoms with Crippen LogP contribution in [0.1, 0.15) is 42.1 Å². The number of piperidine rings is 1. The fourth-order valence-electron chi connectivity index (χ4n) is 4.30. The van der Waals surface area contributed by atoms with Crippen LogP contribution in [0.5, 0.6) is 0 Å². The Kier molecular flexibility index (Phi) is 5.64. The zero-order valence-electron chi connectivity index (χ0n) is 17.3. The average molecular weight is 427 g/mol. The summed E-state index contributed by atoms with van der Waals surface area (Å²) in [6, 6.07) is 9.47. The summed E-state index contributed by atoms with van der Waals surface area (Å²) in [7, 11) is -3.27. The number of carbonyl (C=O) groups is 1. The van der Waals surface area contributed by atoms with Crippen LogP contribution in [0.3, 0.4) is 0 Å². The van der Waals surface area contributed by atoms with Gasteiger partial charge in [0.1, 0.15) is 0 Å². The van der Waals surface area contributed by atoms with Gasteiger partial charge in [-0.25, -0.2) is 13.2 Å². The van der Waals surface area contributed by atoms with Crippen molar-refractivity contribution >= 4 is 21.5 Å². The van der Waals surface area contributed by atoms with Crippen molar-refractivity contribution in [1.82, 2.24) is 9.88 Å². The Morgan fingerprint density at radius 1 is 1.10 bits per heavy atom. The van der Waals surface area contributed by atoms with Crippen molar-refractivity contribution in [3.8, 4) is 0 Å². The Hall–Kier alpha value is -2.67. The van der Waals surface area contributed by atoms with E-state index in [1.54, 1.807) is 11.0 Å². The maximum absolute atomic E-state index is 12.1. The largest absolute Gasteiger partial charge is 0.450 e. The molecular weight excluding hydrogens is 400 g/mol. The molecule has 1 amide bonds. The lowest BCUT2D eigenvalue weighted by molar-refractivity contribution is 0.104. The monoisotopic (exact) mass is 426 g/mol. The highest BCUT2D eigenvalue weighted by Crippen LogP contribution is 2.38. The van der Waals surface area contributed by atoms with Gasteiger partial charge in [0.05, 0.1) is 17.2 Å². The highest BCUT2D eigenvalue weighted by molar-refractivity contribution is 7.90. The zero-order chi connectivity index (χ0) is 21.3. The second-order valence-corrected chi connectivity index (χ2v) is 9.78. The van der Waals surface area contributed by atoms with Crippen molar-refractivity contribution in [3.63, 3.8) is 0 Å². The summed E-state index contributed by atoms with van der Waals surface area (Å²) >= 11 is 0. The summed E-state index contributed by atoms with van der Waals surface area (Å²) in [4.78, 5) is 18.9. The predicted molar refractivity (Wildman–Crippen MR) is 115 cm³/mol. The molecular formula is C23H26N2O4S. The number of sulfone groups is 1. The topological polar surface area (TPSA) is 76.6 Å². The Balaban J connectivity index is 1.79. The first-order valence-corrected chi connectivity index (χ1v) is 12.2. The minimum absolute atomic E-state index is 0.265. The van der Waals surface area contributed by atoms with Crippen LogP contribution >= 0.6 is 0 Å². The van der Waals surface area contributed by atoms with Crippen molar-refractivity contribution in [1.29, 1.82) is 0 Å². The molecule has 0 atom stereocenters. The summed E-state index contributed by atoms with van der Waals surface area (Å²) in [6.45, 7) is 3.40. The predicted octanol–water partition coefficient (Wildman–Crippen LogP) is 3.64. The molecule has 0 unspecified atom stereocenters. The Labute approximate surface area is 177 Å². The summed E-state index contributed by atoms with van der Waals surface area (Å²) < 4.78 is 29.3. The Morgan fingerprint density at radius 3 is 2.53 bits per heavy atom. The van der Waals surface area contributed by atoms with Crippen LogP contribution in [0, 0.1) is 0 Å². The number of hydrogen-bond donors (Lipinski definition) is 0. The van der Waals surface area contributed by atoms with E-state index in [1.165, 1.54) is 17.4 Å². The van der Waals surface area contributed by atoms with Crippen molar-refractivity contribution < 1.29 is 17.9 Å². The first kappa shape index (κ1) is 20.6. The molecule has 0 radical (unpaired) electrons. The molecule has 2 aliphatic rings. The van der Waals surface area contributed by atoms with E-state index >= 15 is 0 Å². The van der Waals surface area contributed by atoms with E-state index in [0.29, 0.717) is 24.6 Å². The molecule has 1 aromatic carbocycles. The summed E-state index contributed by atoms with van der Waals surface area (Å²) in [6.07, 6.45) is 5.86. The number of nitrogens with zero attached hydrogens (tertiary/aromatic N) is 2. The summed E-state index contributed by atoms with van der Waals surface area (Å²) in [5, 5.41) is 0. The standard InChI is InChI=1S/C23H26N2O4S/c1-3-29-23(26)25-13-10-16(11-14-25)21-20-9-8-19(30(2,27)28)15-18(20)7-6-17-5-4-12-24-22(17)21/h4-5,8-9,12,15H,3,6-7,10-11,13-14H2,1-2H3. The molecule has 0 spiro atoms. The number of aromatic nitrogens is 1. The summed E-state index contributed by atoms with van der Waals surface area (Å²) in [5.41, 5.74) is 6.59. The third kappa shape index (κ3) is 3.99. The molecule has 0 saturated carbocycles. The maximum atomic E-state index is 12.1. The molecule has 1 aliphatic heterocycles. The fraction of sp³-hybridized carbons (Fsp3) is 0.391. The molecule has 158 valence electrons. The van der Waals surface area contributed by atoms with Crippen LogP contribution in [0.15, 0.2) is 47.0 Å². The first-order chi connectivity index (χ1) is 14.4. The minimum atomic E-state index is -3.27. The van der Waals surface area contributed by atoms with Gasteiger partial charge in [0.25, 0.3) is 0 Å². The van der Waals surface area contributed by atoms with Gasteiger partial charge in [0.15, 0.2) is 9.84 Å². The van der Waals surface area contributed by atoms with Crippen molar-refractivity contribution in [2.45, 2.75) is 37.5 Å². The molecule has 30 heavy (non-hydrogen) atoms. The van der Waals surface area contributed by atoms with E-state index in [2.05, 4.69) is 6.07 Å². The zero-order valence-corrected chi connectivity index (χ0v) is 18.2. The summed E-state index contributed by atoms with van der Waals surface area (Å²) in [5.74, 6) is 0. The highest BCUT2D eigenvalue weighted by atomic mass is 32.2. The number of carbonyl (C=O) groups excluding carboxylic acids is 1. The smallest absolute Gasteiger partial charge is 0.409 e. The molecule has 1 aliphatic carbocycles. The third-order valence-electron chi connectivity index (χ3n) is 5.81. The molecule has 4 rings (SSSR count). The normalized spacial score (nSPS) is 16.5. The minimum Gasteiger partial charge on any atom is -0.450 e. The number of benzene rings is 1. The van der Waals surface area contributed by atoms with Gasteiger partial charge >= 0.3 is 6.09 Å². The van der Waals surface area contributed by atoms with Gasteiger partial charge in [0.2, 0.25) is 0 Å². The van der Waals surface area contributed by atoms with Crippen LogP contribution in [-0.4, -0.2) is 50.3 Å². The molecule has 7 heteroatoms. The molecule has 0 N–H and O–H groups in total. The van der Waals surface area contributed by atoms with E-state index in [0.717, 1.165) is 48.1 Å². The quantitative estimate of drug-likeness (QED) is 0.733. The number of likely N-dealkylation sites (tertiary alicyclic amines) is 1. The molecule has 1 saturated heterocycles. The Bertz CT molecular complexity index is 1110. The highest BCUT2D eigenvalue weighted by Gasteiger charge is 2.27. The van der Waals surface area contributed by atoms with E-state index in [4.69, 9.17) is 9.72 Å². The van der Waals surface area contributed by atoms with E-state index < -0.39 is 9.84 Å². The van der Waals surface area contributed by atoms with Gasteiger partial charge in [0, 0.05) is 31.1 Å². The van der Waals surface area contributed by atoms with Gasteiger partial charge in [-0.3, -0.25) is 4.98 Å². The number of rotatable bonds is 2.